The summed E-state index contributed by atoms with van der Waals surface area (Å²) in [5, 5.41) is 2.51. The maximum absolute atomic E-state index is 12.5. The van der Waals surface area contributed by atoms with Crippen LogP contribution in [-0.4, -0.2) is 18.6 Å². The van der Waals surface area contributed by atoms with Crippen molar-refractivity contribution >= 4 is 11.6 Å². The fourth-order valence-corrected chi connectivity index (χ4v) is 2.11. The van der Waals surface area contributed by atoms with Crippen molar-refractivity contribution in [3.63, 3.8) is 0 Å². The van der Waals surface area contributed by atoms with Gasteiger partial charge in [-0.1, -0.05) is 12.1 Å². The van der Waals surface area contributed by atoms with E-state index in [-0.39, 0.29) is 12.3 Å². The number of benzene rings is 2. The second kappa shape index (κ2) is 5.83. The number of nitrogens with one attached hydrogen (secondary N) is 1. The Morgan fingerprint density at radius 3 is 2.35 bits per heavy atom. The molecule has 0 saturated heterocycles. The number of ether oxygens (including phenoxy) is 2. The van der Waals surface area contributed by atoms with Gasteiger partial charge in [-0.15, -0.1) is 0 Å². The Balaban J connectivity index is 1.66. The molecule has 120 valence electrons. The largest absolute Gasteiger partial charge is 0.485 e. The summed E-state index contributed by atoms with van der Waals surface area (Å²) in [6, 6.07) is 11.1. The van der Waals surface area contributed by atoms with Crippen molar-refractivity contribution in [2.24, 2.45) is 0 Å². The Bertz CT molecular complexity index is 713. The normalized spacial score (nSPS) is 16.7. The van der Waals surface area contributed by atoms with E-state index in [2.05, 4.69) is 5.32 Å². The average molecular weight is 323 g/mol. The van der Waals surface area contributed by atoms with Crippen LogP contribution in [0.15, 0.2) is 48.5 Å². The summed E-state index contributed by atoms with van der Waals surface area (Å²) in [5.74, 6) is 0.511. The highest BCUT2D eigenvalue weighted by Gasteiger charge is 2.30. The highest BCUT2D eigenvalue weighted by atomic mass is 19.4. The van der Waals surface area contributed by atoms with Crippen molar-refractivity contribution in [3.05, 3.63) is 54.1 Å². The molecule has 0 fully saturated rings. The highest BCUT2D eigenvalue weighted by molar-refractivity contribution is 5.94. The van der Waals surface area contributed by atoms with Crippen LogP contribution in [0.2, 0.25) is 0 Å². The van der Waals surface area contributed by atoms with Crippen molar-refractivity contribution in [2.45, 2.75) is 12.3 Å². The van der Waals surface area contributed by atoms with Gasteiger partial charge in [0.25, 0.3) is 5.91 Å². The van der Waals surface area contributed by atoms with Gasteiger partial charge in [0, 0.05) is 5.69 Å². The number of halogens is 3. The van der Waals surface area contributed by atoms with Crippen LogP contribution in [0.25, 0.3) is 0 Å². The maximum Gasteiger partial charge on any atom is 0.416 e. The molecule has 1 amide bonds. The van der Waals surface area contributed by atoms with Crippen molar-refractivity contribution in [3.8, 4) is 11.5 Å². The molecular weight excluding hydrogens is 311 g/mol. The number of hydrogen-bond acceptors (Lipinski definition) is 3. The van der Waals surface area contributed by atoms with Crippen LogP contribution < -0.4 is 14.8 Å². The predicted octanol–water partition coefficient (Wildman–Crippen LogP) is 3.48. The number of carbonyl (C=O) groups excluding carboxylic acids is 1. The SMILES string of the molecule is O=C(Nc1ccc(C(F)(F)F)cc1)C1COc2ccccc2O1. The van der Waals surface area contributed by atoms with Crippen LogP contribution in [0.1, 0.15) is 5.56 Å². The zero-order valence-corrected chi connectivity index (χ0v) is 11.8. The first kappa shape index (κ1) is 15.2. The van der Waals surface area contributed by atoms with E-state index in [1.807, 2.05) is 0 Å². The number of carbonyl (C=O) groups is 1. The molecule has 1 heterocycles. The van der Waals surface area contributed by atoms with E-state index >= 15 is 0 Å². The second-order valence-electron chi connectivity index (χ2n) is 4.93. The minimum atomic E-state index is -4.41. The standard InChI is InChI=1S/C16H12F3NO3/c17-16(18,19)10-5-7-11(8-6-10)20-15(21)14-9-22-12-3-1-2-4-13(12)23-14/h1-8,14H,9H2,(H,20,21). The Hall–Kier alpha value is -2.70. The highest BCUT2D eigenvalue weighted by Crippen LogP contribution is 2.32. The van der Waals surface area contributed by atoms with Gasteiger partial charge >= 0.3 is 6.18 Å². The third-order valence-corrected chi connectivity index (χ3v) is 3.28. The van der Waals surface area contributed by atoms with Crippen LogP contribution in [0.4, 0.5) is 18.9 Å². The minimum absolute atomic E-state index is 0.0312. The molecule has 1 unspecified atom stereocenters. The fourth-order valence-electron chi connectivity index (χ4n) is 2.11. The molecule has 0 saturated carbocycles. The van der Waals surface area contributed by atoms with Crippen LogP contribution in [-0.2, 0) is 11.0 Å². The number of fused-ring (bicyclic) bond motifs is 1. The molecule has 23 heavy (non-hydrogen) atoms. The van der Waals surface area contributed by atoms with Gasteiger partial charge in [0.2, 0.25) is 6.10 Å². The molecule has 0 radical (unpaired) electrons. The summed E-state index contributed by atoms with van der Waals surface area (Å²) in [5.41, 5.74) is -0.521. The molecule has 0 spiro atoms. The molecule has 0 bridgehead atoms. The number of para-hydroxylation sites is 2. The van der Waals surface area contributed by atoms with E-state index in [1.165, 1.54) is 12.1 Å². The summed E-state index contributed by atoms with van der Waals surface area (Å²) >= 11 is 0. The quantitative estimate of drug-likeness (QED) is 0.920. The Kier molecular flexibility index (Phi) is 3.85. The van der Waals surface area contributed by atoms with Crippen molar-refractivity contribution in [2.75, 3.05) is 11.9 Å². The lowest BCUT2D eigenvalue weighted by molar-refractivity contribution is -0.137. The monoisotopic (exact) mass is 323 g/mol. The first-order valence-electron chi connectivity index (χ1n) is 6.80. The minimum Gasteiger partial charge on any atom is -0.485 e. The molecular formula is C16H12F3NO3. The van der Waals surface area contributed by atoms with Gasteiger partial charge in [0.1, 0.15) is 6.61 Å². The van der Waals surface area contributed by atoms with Crippen molar-refractivity contribution in [1.29, 1.82) is 0 Å². The van der Waals surface area contributed by atoms with Crippen LogP contribution in [0, 0.1) is 0 Å². The van der Waals surface area contributed by atoms with Gasteiger partial charge in [-0.25, -0.2) is 0 Å². The predicted molar refractivity (Wildman–Crippen MR) is 76.4 cm³/mol. The number of hydrogen-bond donors (Lipinski definition) is 1. The first-order valence-corrected chi connectivity index (χ1v) is 6.80. The number of anilines is 1. The molecule has 0 aliphatic carbocycles. The summed E-state index contributed by atoms with van der Waals surface area (Å²) in [6.07, 6.45) is -5.28. The maximum atomic E-state index is 12.5. The van der Waals surface area contributed by atoms with Gasteiger partial charge in [-0.2, -0.15) is 13.2 Å². The summed E-state index contributed by atoms with van der Waals surface area (Å²) < 4.78 is 48.4. The van der Waals surface area contributed by atoms with Gasteiger partial charge in [0.05, 0.1) is 5.56 Å². The van der Waals surface area contributed by atoms with E-state index in [4.69, 9.17) is 9.47 Å². The molecule has 1 atom stereocenters. The summed E-state index contributed by atoms with van der Waals surface area (Å²) in [7, 11) is 0. The van der Waals surface area contributed by atoms with E-state index in [0.29, 0.717) is 11.5 Å². The van der Waals surface area contributed by atoms with E-state index in [9.17, 15) is 18.0 Å². The summed E-state index contributed by atoms with van der Waals surface area (Å²) in [6.45, 7) is 0.0312. The lowest BCUT2D eigenvalue weighted by atomic mass is 10.2. The van der Waals surface area contributed by atoms with Gasteiger partial charge in [0.15, 0.2) is 11.5 Å². The number of amides is 1. The van der Waals surface area contributed by atoms with Crippen molar-refractivity contribution < 1.29 is 27.4 Å². The molecule has 3 rings (SSSR count). The first-order chi connectivity index (χ1) is 10.9. The molecule has 4 nitrogen and oxygen atoms in total. The lowest BCUT2D eigenvalue weighted by Gasteiger charge is -2.25. The Labute approximate surface area is 129 Å². The van der Waals surface area contributed by atoms with Gasteiger partial charge < -0.3 is 14.8 Å². The fraction of sp³-hybridized carbons (Fsp3) is 0.188. The molecule has 1 aliphatic heterocycles. The van der Waals surface area contributed by atoms with Crippen LogP contribution in [0.5, 0.6) is 11.5 Å². The van der Waals surface area contributed by atoms with Gasteiger partial charge in [-0.3, -0.25) is 4.79 Å². The lowest BCUT2D eigenvalue weighted by Crippen LogP contribution is -2.40. The smallest absolute Gasteiger partial charge is 0.416 e. The summed E-state index contributed by atoms with van der Waals surface area (Å²) in [4.78, 5) is 12.1. The third-order valence-electron chi connectivity index (χ3n) is 3.28. The van der Waals surface area contributed by atoms with Crippen LogP contribution >= 0.6 is 0 Å². The van der Waals surface area contributed by atoms with Crippen LogP contribution in [0.3, 0.4) is 0 Å². The van der Waals surface area contributed by atoms with Crippen molar-refractivity contribution in [1.82, 2.24) is 0 Å². The van der Waals surface area contributed by atoms with E-state index in [0.717, 1.165) is 12.1 Å². The Morgan fingerprint density at radius 1 is 1.04 bits per heavy atom. The zero-order valence-electron chi connectivity index (χ0n) is 11.8. The van der Waals surface area contributed by atoms with Gasteiger partial charge in [-0.05, 0) is 36.4 Å². The van der Waals surface area contributed by atoms with E-state index < -0.39 is 23.8 Å². The topological polar surface area (TPSA) is 47.6 Å². The number of alkyl halides is 3. The zero-order chi connectivity index (χ0) is 16.4. The second-order valence-corrected chi connectivity index (χ2v) is 4.93. The van der Waals surface area contributed by atoms with E-state index in [1.54, 1.807) is 24.3 Å². The third kappa shape index (κ3) is 3.39. The molecule has 7 heteroatoms. The molecule has 2 aromatic rings. The Morgan fingerprint density at radius 2 is 1.70 bits per heavy atom. The number of rotatable bonds is 2. The molecule has 2 aromatic carbocycles. The molecule has 1 aliphatic rings. The average Bonchev–Trinajstić information content (AvgIpc) is 2.54. The molecule has 0 aromatic heterocycles. The molecule has 1 N–H and O–H groups in total.